The molecular formula is C27H33F2N3O3. The number of hydrogen-bond donors (Lipinski definition) is 0. The number of halogens is 2. The van der Waals surface area contributed by atoms with Gasteiger partial charge in [-0.2, -0.15) is 0 Å². The summed E-state index contributed by atoms with van der Waals surface area (Å²) in [6.07, 6.45) is 1.95. The molecule has 2 aliphatic heterocycles. The van der Waals surface area contributed by atoms with Crippen molar-refractivity contribution >= 4 is 17.6 Å². The maximum absolute atomic E-state index is 14.3. The number of ether oxygens (including phenoxy) is 1. The molecule has 0 radical (unpaired) electrons. The zero-order chi connectivity index (χ0) is 24.8. The number of piperazine rings is 1. The molecule has 0 N–H and O–H groups in total. The second-order valence-electron chi connectivity index (χ2n) is 9.19. The molecule has 1 fully saturated rings. The van der Waals surface area contributed by atoms with Crippen LogP contribution in [0.2, 0.25) is 0 Å². The first-order valence-corrected chi connectivity index (χ1v) is 12.4. The summed E-state index contributed by atoms with van der Waals surface area (Å²) in [5.41, 5.74) is 2.47. The van der Waals surface area contributed by atoms with Gasteiger partial charge in [-0.05, 0) is 48.2 Å². The molecule has 2 aromatic carbocycles. The van der Waals surface area contributed by atoms with Gasteiger partial charge in [-0.3, -0.25) is 19.4 Å². The highest BCUT2D eigenvalue weighted by molar-refractivity contribution is 5.96. The topological polar surface area (TPSA) is 53.1 Å². The van der Waals surface area contributed by atoms with E-state index >= 15 is 0 Å². The van der Waals surface area contributed by atoms with Crippen molar-refractivity contribution in [2.24, 2.45) is 0 Å². The van der Waals surface area contributed by atoms with Gasteiger partial charge in [0.25, 0.3) is 0 Å². The van der Waals surface area contributed by atoms with E-state index in [0.717, 1.165) is 50.1 Å². The summed E-state index contributed by atoms with van der Waals surface area (Å²) >= 11 is 0. The molecule has 1 saturated heterocycles. The highest BCUT2D eigenvalue weighted by Crippen LogP contribution is 2.39. The number of nitrogens with zero attached hydrogens (tertiary/aromatic N) is 3. The summed E-state index contributed by atoms with van der Waals surface area (Å²) < 4.78 is 32.9. The Bertz CT molecular complexity index is 1020. The maximum Gasteiger partial charge on any atom is 0.305 e. The van der Waals surface area contributed by atoms with Crippen LogP contribution in [0.5, 0.6) is 0 Å². The van der Waals surface area contributed by atoms with Crippen molar-refractivity contribution in [3.63, 3.8) is 0 Å². The van der Waals surface area contributed by atoms with Gasteiger partial charge in [0.15, 0.2) is 0 Å². The molecule has 0 spiro atoms. The molecule has 6 nitrogen and oxygen atoms in total. The lowest BCUT2D eigenvalue weighted by Gasteiger charge is -2.35. The highest BCUT2D eigenvalue weighted by Gasteiger charge is 2.29. The molecule has 0 aliphatic carbocycles. The summed E-state index contributed by atoms with van der Waals surface area (Å²) in [7, 11) is 0. The molecule has 1 amide bonds. The predicted octanol–water partition coefficient (Wildman–Crippen LogP) is 3.79. The summed E-state index contributed by atoms with van der Waals surface area (Å²) in [4.78, 5) is 30.8. The third-order valence-electron chi connectivity index (χ3n) is 6.89. The molecule has 2 aliphatic rings. The molecule has 35 heavy (non-hydrogen) atoms. The van der Waals surface area contributed by atoms with E-state index in [0.29, 0.717) is 31.8 Å². The Labute approximate surface area is 205 Å². The predicted molar refractivity (Wildman–Crippen MR) is 130 cm³/mol. The van der Waals surface area contributed by atoms with Gasteiger partial charge >= 0.3 is 5.97 Å². The molecule has 2 heterocycles. The lowest BCUT2D eigenvalue weighted by atomic mass is 9.87. The zero-order valence-corrected chi connectivity index (χ0v) is 20.2. The molecule has 0 saturated carbocycles. The van der Waals surface area contributed by atoms with Gasteiger partial charge in [-0.15, -0.1) is 0 Å². The number of hydrogen-bond acceptors (Lipinski definition) is 5. The maximum atomic E-state index is 14.3. The van der Waals surface area contributed by atoms with Gasteiger partial charge in [0.2, 0.25) is 5.91 Å². The Morgan fingerprint density at radius 2 is 1.63 bits per heavy atom. The lowest BCUT2D eigenvalue weighted by molar-refractivity contribution is -0.143. The number of esters is 1. The van der Waals surface area contributed by atoms with Crippen molar-refractivity contribution in [3.8, 4) is 0 Å². The van der Waals surface area contributed by atoms with E-state index in [1.54, 1.807) is 30.0 Å². The second-order valence-corrected chi connectivity index (χ2v) is 9.19. The smallest absolute Gasteiger partial charge is 0.305 e. The van der Waals surface area contributed by atoms with Crippen LogP contribution in [0.1, 0.15) is 43.2 Å². The van der Waals surface area contributed by atoms with Gasteiger partial charge in [-0.1, -0.05) is 25.1 Å². The van der Waals surface area contributed by atoms with Crippen molar-refractivity contribution in [3.05, 3.63) is 65.2 Å². The van der Waals surface area contributed by atoms with E-state index in [9.17, 15) is 18.4 Å². The first kappa shape index (κ1) is 25.3. The van der Waals surface area contributed by atoms with E-state index < -0.39 is 0 Å². The van der Waals surface area contributed by atoms with Crippen LogP contribution in [0.25, 0.3) is 0 Å². The van der Waals surface area contributed by atoms with Gasteiger partial charge in [0.05, 0.1) is 12.2 Å². The van der Waals surface area contributed by atoms with Crippen LogP contribution in [0.4, 0.5) is 14.5 Å². The summed E-state index contributed by atoms with van der Waals surface area (Å²) in [6, 6.07) is 11.1. The number of anilines is 1. The van der Waals surface area contributed by atoms with Crippen molar-refractivity contribution in [1.82, 2.24) is 9.80 Å². The molecule has 0 unspecified atom stereocenters. The van der Waals surface area contributed by atoms with Gasteiger partial charge in [0.1, 0.15) is 18.2 Å². The molecule has 0 bridgehead atoms. The van der Waals surface area contributed by atoms with Crippen molar-refractivity contribution in [2.45, 2.75) is 32.1 Å². The van der Waals surface area contributed by atoms with Crippen LogP contribution in [-0.2, 0) is 14.3 Å². The van der Waals surface area contributed by atoms with Crippen LogP contribution in [-0.4, -0.2) is 74.1 Å². The number of benzene rings is 2. The fraction of sp³-hybridized carbons (Fsp3) is 0.481. The average molecular weight is 486 g/mol. The van der Waals surface area contributed by atoms with E-state index in [-0.39, 0.29) is 36.0 Å². The van der Waals surface area contributed by atoms with Crippen LogP contribution < -0.4 is 4.90 Å². The van der Waals surface area contributed by atoms with E-state index in [2.05, 4.69) is 9.80 Å². The molecule has 0 aromatic heterocycles. The van der Waals surface area contributed by atoms with E-state index in [1.807, 2.05) is 0 Å². The van der Waals surface area contributed by atoms with Crippen LogP contribution in [0.3, 0.4) is 0 Å². The van der Waals surface area contributed by atoms with Gasteiger partial charge in [-0.25, -0.2) is 8.78 Å². The van der Waals surface area contributed by atoms with Crippen molar-refractivity contribution < 1.29 is 23.1 Å². The Morgan fingerprint density at radius 3 is 2.34 bits per heavy atom. The normalized spacial score (nSPS) is 19.2. The molecule has 188 valence electrons. The third kappa shape index (κ3) is 6.44. The molecule has 1 atom stereocenters. The number of amides is 1. The Balaban J connectivity index is 1.40. The Morgan fingerprint density at radius 1 is 0.943 bits per heavy atom. The fourth-order valence-corrected chi connectivity index (χ4v) is 4.91. The Kier molecular flexibility index (Phi) is 8.46. The second kappa shape index (κ2) is 11.7. The number of carbonyl (C=O) groups excluding carboxylic acids is 2. The number of fused-ring (bicyclic) bond motifs is 1. The standard InChI is InChI=1S/C27H33F2N3O3/c1-2-27(34)35-17-16-30-12-14-31(15-13-30)19-26(33)32-11-3-4-23(20-5-7-21(28)8-6-20)24-10-9-22(29)18-25(24)32/h5-10,18,23H,2-4,11-17,19H2,1H3/t23-/m1/s1. The minimum Gasteiger partial charge on any atom is -0.464 e. The molecule has 4 rings (SSSR count). The van der Waals surface area contributed by atoms with Crippen LogP contribution >= 0.6 is 0 Å². The lowest BCUT2D eigenvalue weighted by Crippen LogP contribution is -2.50. The fourth-order valence-electron chi connectivity index (χ4n) is 4.91. The van der Waals surface area contributed by atoms with Crippen LogP contribution in [0, 0.1) is 11.6 Å². The van der Waals surface area contributed by atoms with Gasteiger partial charge < -0.3 is 9.64 Å². The summed E-state index contributed by atoms with van der Waals surface area (Å²) in [6.45, 7) is 6.74. The summed E-state index contributed by atoms with van der Waals surface area (Å²) in [5.74, 6) is -0.916. The largest absolute Gasteiger partial charge is 0.464 e. The number of rotatable bonds is 7. The average Bonchev–Trinajstić information content (AvgIpc) is 3.05. The summed E-state index contributed by atoms with van der Waals surface area (Å²) in [5, 5.41) is 0. The SMILES string of the molecule is CCC(=O)OCCN1CCN(CC(=O)N2CCC[C@H](c3ccc(F)cc3)c3ccc(F)cc32)CC1. The molecular weight excluding hydrogens is 452 g/mol. The first-order chi connectivity index (χ1) is 16.9. The third-order valence-corrected chi connectivity index (χ3v) is 6.89. The minimum atomic E-state index is -0.376. The van der Waals surface area contributed by atoms with Crippen LogP contribution in [0.15, 0.2) is 42.5 Å². The van der Waals surface area contributed by atoms with E-state index in [4.69, 9.17) is 4.74 Å². The monoisotopic (exact) mass is 485 g/mol. The highest BCUT2D eigenvalue weighted by atomic mass is 19.1. The van der Waals surface area contributed by atoms with Crippen molar-refractivity contribution in [1.29, 1.82) is 0 Å². The van der Waals surface area contributed by atoms with Crippen molar-refractivity contribution in [2.75, 3.05) is 57.3 Å². The zero-order valence-electron chi connectivity index (χ0n) is 20.2. The quantitative estimate of drug-likeness (QED) is 0.559. The molecule has 8 heteroatoms. The van der Waals surface area contributed by atoms with E-state index in [1.165, 1.54) is 24.3 Å². The Hall–Kier alpha value is -2.84. The molecule has 2 aromatic rings. The minimum absolute atomic E-state index is 0.0191. The number of carbonyl (C=O) groups is 2. The van der Waals surface area contributed by atoms with Gasteiger partial charge in [0, 0.05) is 51.6 Å². The first-order valence-electron chi connectivity index (χ1n) is 12.4.